The molecule has 0 aromatic heterocycles. The fraction of sp³-hybridized carbons (Fsp3) is 0.730. The molecular weight excluding hydrogens is 853 g/mol. The maximum Gasteiger partial charge on any atom is 0.306 e. The van der Waals surface area contributed by atoms with E-state index in [1.165, 1.54) is 109 Å². The average molecular weight is 962 g/mol. The predicted molar refractivity (Wildman–Crippen MR) is 297 cm³/mol. The Hall–Kier alpha value is -3.41. The first kappa shape index (κ1) is 65.6. The van der Waals surface area contributed by atoms with Gasteiger partial charge in [-0.3, -0.25) is 14.4 Å². The largest absolute Gasteiger partial charge is 0.462 e. The van der Waals surface area contributed by atoms with Crippen LogP contribution in [0.25, 0.3) is 0 Å². The summed E-state index contributed by atoms with van der Waals surface area (Å²) in [6, 6.07) is 0. The molecule has 69 heavy (non-hydrogen) atoms. The third-order valence-corrected chi connectivity index (χ3v) is 12.3. The summed E-state index contributed by atoms with van der Waals surface area (Å²) in [5, 5.41) is 0. The smallest absolute Gasteiger partial charge is 0.306 e. The van der Waals surface area contributed by atoms with Gasteiger partial charge in [-0.05, 0) is 109 Å². The molecule has 0 fully saturated rings. The van der Waals surface area contributed by atoms with Gasteiger partial charge in [0.1, 0.15) is 13.2 Å². The molecule has 0 N–H and O–H groups in total. The molecule has 0 saturated heterocycles. The third kappa shape index (κ3) is 55.4. The molecule has 0 aromatic carbocycles. The molecule has 0 aromatic rings. The van der Waals surface area contributed by atoms with Crippen LogP contribution in [0.2, 0.25) is 0 Å². The van der Waals surface area contributed by atoms with Crippen molar-refractivity contribution in [3.63, 3.8) is 0 Å². The molecule has 0 saturated carbocycles. The molecule has 0 amide bonds. The zero-order chi connectivity index (χ0) is 50.0. The topological polar surface area (TPSA) is 78.9 Å². The van der Waals surface area contributed by atoms with Gasteiger partial charge in [-0.1, -0.05) is 234 Å². The number of hydrogen-bond acceptors (Lipinski definition) is 6. The number of rotatable bonds is 52. The molecule has 0 rings (SSSR count). The summed E-state index contributed by atoms with van der Waals surface area (Å²) in [6.07, 6.45) is 74.3. The van der Waals surface area contributed by atoms with E-state index in [2.05, 4.69) is 106 Å². The normalized spacial score (nSPS) is 12.7. The molecular formula is C63H108O6. The first-order chi connectivity index (χ1) is 34.0. The number of allylic oxidation sites excluding steroid dienone is 14. The van der Waals surface area contributed by atoms with Crippen LogP contribution < -0.4 is 0 Å². The summed E-state index contributed by atoms with van der Waals surface area (Å²) in [5.74, 6) is -0.922. The maximum atomic E-state index is 12.8. The Morgan fingerprint density at radius 2 is 0.536 bits per heavy atom. The number of carbonyl (C=O) groups is 3. The highest BCUT2D eigenvalue weighted by Gasteiger charge is 2.19. The Morgan fingerprint density at radius 1 is 0.290 bits per heavy atom. The molecule has 0 radical (unpaired) electrons. The lowest BCUT2D eigenvalue weighted by Crippen LogP contribution is -2.30. The number of esters is 3. The van der Waals surface area contributed by atoms with Crippen LogP contribution in [0.5, 0.6) is 0 Å². The van der Waals surface area contributed by atoms with Crippen molar-refractivity contribution in [1.29, 1.82) is 0 Å². The number of ether oxygens (including phenoxy) is 3. The number of carbonyl (C=O) groups excluding carboxylic acids is 3. The summed E-state index contributed by atoms with van der Waals surface area (Å²) in [6.45, 7) is 6.53. The van der Waals surface area contributed by atoms with Crippen molar-refractivity contribution in [2.75, 3.05) is 13.2 Å². The van der Waals surface area contributed by atoms with E-state index < -0.39 is 6.10 Å². The van der Waals surface area contributed by atoms with Gasteiger partial charge in [-0.15, -0.1) is 0 Å². The summed E-state index contributed by atoms with van der Waals surface area (Å²) in [5.41, 5.74) is 0. The first-order valence-corrected chi connectivity index (χ1v) is 29.1. The van der Waals surface area contributed by atoms with Crippen molar-refractivity contribution in [3.05, 3.63) is 85.1 Å². The van der Waals surface area contributed by atoms with E-state index in [4.69, 9.17) is 14.2 Å². The van der Waals surface area contributed by atoms with Crippen molar-refractivity contribution in [3.8, 4) is 0 Å². The van der Waals surface area contributed by atoms with Crippen LogP contribution in [-0.4, -0.2) is 37.2 Å². The second-order valence-corrected chi connectivity index (χ2v) is 19.2. The van der Waals surface area contributed by atoms with E-state index >= 15 is 0 Å². The Bertz CT molecular complexity index is 1330. The van der Waals surface area contributed by atoms with Crippen LogP contribution in [0, 0.1) is 0 Å². The second-order valence-electron chi connectivity index (χ2n) is 19.2. The Morgan fingerprint density at radius 3 is 0.855 bits per heavy atom. The minimum Gasteiger partial charge on any atom is -0.462 e. The van der Waals surface area contributed by atoms with E-state index in [0.29, 0.717) is 19.3 Å². The van der Waals surface area contributed by atoms with Crippen molar-refractivity contribution >= 4 is 17.9 Å². The highest BCUT2D eigenvalue weighted by atomic mass is 16.6. The van der Waals surface area contributed by atoms with Gasteiger partial charge in [0.25, 0.3) is 0 Å². The van der Waals surface area contributed by atoms with Gasteiger partial charge in [0.05, 0.1) is 0 Å². The van der Waals surface area contributed by atoms with E-state index in [-0.39, 0.29) is 31.1 Å². The van der Waals surface area contributed by atoms with Crippen molar-refractivity contribution in [2.45, 2.75) is 284 Å². The molecule has 396 valence electrons. The molecule has 0 spiro atoms. The molecule has 0 heterocycles. The third-order valence-electron chi connectivity index (χ3n) is 12.3. The second kappa shape index (κ2) is 57.2. The zero-order valence-electron chi connectivity index (χ0n) is 45.3. The van der Waals surface area contributed by atoms with E-state index in [1.54, 1.807) is 0 Å². The summed E-state index contributed by atoms with van der Waals surface area (Å²) >= 11 is 0. The van der Waals surface area contributed by atoms with Crippen LogP contribution in [0.1, 0.15) is 278 Å². The van der Waals surface area contributed by atoms with Gasteiger partial charge in [-0.2, -0.15) is 0 Å². The van der Waals surface area contributed by atoms with Crippen LogP contribution in [-0.2, 0) is 28.6 Å². The minimum atomic E-state index is -0.794. The average Bonchev–Trinajstić information content (AvgIpc) is 3.35. The van der Waals surface area contributed by atoms with Crippen LogP contribution in [0.3, 0.4) is 0 Å². The van der Waals surface area contributed by atoms with Crippen molar-refractivity contribution in [1.82, 2.24) is 0 Å². The molecule has 0 aliphatic carbocycles. The lowest BCUT2D eigenvalue weighted by Gasteiger charge is -2.18. The molecule has 6 heteroatoms. The van der Waals surface area contributed by atoms with Gasteiger partial charge in [0, 0.05) is 19.3 Å². The Labute approximate surface area is 426 Å². The van der Waals surface area contributed by atoms with Crippen LogP contribution in [0.4, 0.5) is 0 Å². The fourth-order valence-corrected chi connectivity index (χ4v) is 7.89. The number of unbranched alkanes of at least 4 members (excludes halogenated alkanes) is 27. The highest BCUT2D eigenvalue weighted by Crippen LogP contribution is 2.14. The zero-order valence-corrected chi connectivity index (χ0v) is 45.3. The SMILES string of the molecule is CCCC/C=C\C/C=C\CCCCCCCC(=O)OCC(COC(=O)CCCCCCCCCC/C=C\C/C=C\C/C=C\CCCCCCC)OC(=O)CCCCCCC/C=C\C/C=C\CCCC. The van der Waals surface area contributed by atoms with E-state index in [1.807, 2.05) is 0 Å². The van der Waals surface area contributed by atoms with Gasteiger partial charge < -0.3 is 14.2 Å². The monoisotopic (exact) mass is 961 g/mol. The fourth-order valence-electron chi connectivity index (χ4n) is 7.89. The maximum absolute atomic E-state index is 12.8. The summed E-state index contributed by atoms with van der Waals surface area (Å²) < 4.78 is 16.8. The molecule has 6 nitrogen and oxygen atoms in total. The molecule has 0 aliphatic rings. The summed E-state index contributed by atoms with van der Waals surface area (Å²) in [4.78, 5) is 38.1. The van der Waals surface area contributed by atoms with Gasteiger partial charge in [0.2, 0.25) is 0 Å². The van der Waals surface area contributed by atoms with Gasteiger partial charge in [-0.25, -0.2) is 0 Å². The highest BCUT2D eigenvalue weighted by molar-refractivity contribution is 5.71. The van der Waals surface area contributed by atoms with Crippen molar-refractivity contribution < 1.29 is 28.6 Å². The van der Waals surface area contributed by atoms with Crippen LogP contribution in [0.15, 0.2) is 85.1 Å². The molecule has 0 aliphatic heterocycles. The summed E-state index contributed by atoms with van der Waals surface area (Å²) in [7, 11) is 0. The molecule has 0 bridgehead atoms. The molecule has 1 atom stereocenters. The van der Waals surface area contributed by atoms with Gasteiger partial charge >= 0.3 is 17.9 Å². The molecule has 1 unspecified atom stereocenters. The van der Waals surface area contributed by atoms with E-state index in [9.17, 15) is 14.4 Å². The predicted octanol–water partition coefficient (Wildman–Crippen LogP) is 19.5. The standard InChI is InChI=1S/C63H108O6/c1-4-7-10-13-16-19-22-25-28-29-30-31-32-33-34-35-36-39-41-44-47-50-53-56-62(65)68-59-60(69-63(66)57-54-51-48-45-42-38-27-24-21-18-15-12-9-6-3)58-67-61(64)55-52-49-46-43-40-37-26-23-20-17-14-11-8-5-2/h14-15,17-18,22-27,29-30,32-33,60H,4-13,16,19-21,28,31,34-59H2,1-3H3/b17-14-,18-15-,25-22-,26-23-,27-24-,30-29-,33-32-. The quantitative estimate of drug-likeness (QED) is 0.0262. The number of hydrogen-bond donors (Lipinski definition) is 0. The minimum absolute atomic E-state index is 0.0909. The lowest BCUT2D eigenvalue weighted by molar-refractivity contribution is -0.167. The Kier molecular flexibility index (Phi) is 54.3. The van der Waals surface area contributed by atoms with E-state index in [0.717, 1.165) is 128 Å². The van der Waals surface area contributed by atoms with Gasteiger partial charge in [0.15, 0.2) is 6.10 Å². The Balaban J connectivity index is 4.37. The van der Waals surface area contributed by atoms with Crippen LogP contribution >= 0.6 is 0 Å². The first-order valence-electron chi connectivity index (χ1n) is 29.1. The lowest BCUT2D eigenvalue weighted by atomic mass is 10.1. The van der Waals surface area contributed by atoms with Crippen molar-refractivity contribution in [2.24, 2.45) is 0 Å².